The standard InChI is InChI=1S/C17H23NO5/c1-17(2,3)23-13-9-14(15(19)20)18(10-13)16(21)22-11-12-7-5-4-6-8-12/h4-8,13-14H,9-11H2,1-3H3,(H,19,20)/p-1/t13-,14-/m1/s1. The lowest BCUT2D eigenvalue weighted by molar-refractivity contribution is -0.310. The number of rotatable bonds is 4. The number of amides is 1. The van der Waals surface area contributed by atoms with Crippen LogP contribution in [-0.4, -0.2) is 41.3 Å². The molecule has 1 aromatic rings. The first kappa shape index (κ1) is 17.3. The minimum Gasteiger partial charge on any atom is -0.548 e. The van der Waals surface area contributed by atoms with Crippen molar-refractivity contribution in [3.8, 4) is 0 Å². The smallest absolute Gasteiger partial charge is 0.410 e. The van der Waals surface area contributed by atoms with Crippen LogP contribution in [0.5, 0.6) is 0 Å². The van der Waals surface area contributed by atoms with Crippen LogP contribution in [0.25, 0.3) is 0 Å². The lowest BCUT2D eigenvalue weighted by atomic mass is 10.1. The molecule has 0 aromatic heterocycles. The van der Waals surface area contributed by atoms with Crippen molar-refractivity contribution in [3.05, 3.63) is 35.9 Å². The highest BCUT2D eigenvalue weighted by atomic mass is 16.6. The van der Waals surface area contributed by atoms with Crippen LogP contribution in [0.2, 0.25) is 0 Å². The number of aliphatic carboxylic acids is 1. The van der Waals surface area contributed by atoms with E-state index in [9.17, 15) is 14.7 Å². The quantitative estimate of drug-likeness (QED) is 0.836. The summed E-state index contributed by atoms with van der Waals surface area (Å²) in [5.41, 5.74) is 0.429. The highest BCUT2D eigenvalue weighted by molar-refractivity contribution is 5.79. The third-order valence-electron chi connectivity index (χ3n) is 3.49. The molecule has 0 spiro atoms. The first-order valence-corrected chi connectivity index (χ1v) is 7.62. The Morgan fingerprint density at radius 2 is 1.91 bits per heavy atom. The Bertz CT molecular complexity index is 552. The molecule has 2 atom stereocenters. The van der Waals surface area contributed by atoms with Gasteiger partial charge in [0.2, 0.25) is 0 Å². The van der Waals surface area contributed by atoms with E-state index in [1.165, 1.54) is 4.90 Å². The van der Waals surface area contributed by atoms with E-state index in [1.54, 1.807) is 0 Å². The molecule has 126 valence electrons. The number of benzene rings is 1. The number of carboxylic acids is 1. The number of ether oxygens (including phenoxy) is 2. The van der Waals surface area contributed by atoms with E-state index in [0.717, 1.165) is 5.56 Å². The number of carbonyl (C=O) groups is 2. The number of carbonyl (C=O) groups excluding carboxylic acids is 2. The zero-order valence-corrected chi connectivity index (χ0v) is 13.7. The van der Waals surface area contributed by atoms with Gasteiger partial charge in [0, 0.05) is 6.42 Å². The van der Waals surface area contributed by atoms with Gasteiger partial charge in [-0.1, -0.05) is 30.3 Å². The topological polar surface area (TPSA) is 78.9 Å². The lowest BCUT2D eigenvalue weighted by Crippen LogP contribution is -2.47. The fraction of sp³-hybridized carbons (Fsp3) is 0.529. The van der Waals surface area contributed by atoms with Gasteiger partial charge in [-0.05, 0) is 26.3 Å². The summed E-state index contributed by atoms with van der Waals surface area (Å²) in [5.74, 6) is -1.29. The van der Waals surface area contributed by atoms with Gasteiger partial charge < -0.3 is 19.4 Å². The fourth-order valence-corrected chi connectivity index (χ4v) is 2.61. The third-order valence-corrected chi connectivity index (χ3v) is 3.49. The van der Waals surface area contributed by atoms with Gasteiger partial charge in [0.15, 0.2) is 0 Å². The molecule has 1 aliphatic heterocycles. The molecule has 1 fully saturated rings. The van der Waals surface area contributed by atoms with Crippen LogP contribution < -0.4 is 5.11 Å². The number of nitrogens with zero attached hydrogens (tertiary/aromatic N) is 1. The highest BCUT2D eigenvalue weighted by Crippen LogP contribution is 2.25. The third kappa shape index (κ3) is 4.96. The normalized spacial score (nSPS) is 21.3. The van der Waals surface area contributed by atoms with Crippen molar-refractivity contribution in [1.82, 2.24) is 4.90 Å². The Morgan fingerprint density at radius 1 is 1.26 bits per heavy atom. The van der Waals surface area contributed by atoms with Crippen molar-refractivity contribution in [2.75, 3.05) is 6.54 Å². The second-order valence-corrected chi connectivity index (χ2v) is 6.62. The molecule has 6 nitrogen and oxygen atoms in total. The predicted molar refractivity (Wildman–Crippen MR) is 81.4 cm³/mol. The summed E-state index contributed by atoms with van der Waals surface area (Å²) in [6, 6.07) is 8.20. The highest BCUT2D eigenvalue weighted by Gasteiger charge is 2.39. The van der Waals surface area contributed by atoms with Crippen LogP contribution in [0.15, 0.2) is 30.3 Å². The molecule has 23 heavy (non-hydrogen) atoms. The maximum absolute atomic E-state index is 12.2. The van der Waals surface area contributed by atoms with Gasteiger partial charge >= 0.3 is 6.09 Å². The average Bonchev–Trinajstić information content (AvgIpc) is 2.88. The van der Waals surface area contributed by atoms with Crippen molar-refractivity contribution in [3.63, 3.8) is 0 Å². The van der Waals surface area contributed by atoms with Crippen molar-refractivity contribution in [1.29, 1.82) is 0 Å². The van der Waals surface area contributed by atoms with Gasteiger partial charge in [-0.3, -0.25) is 4.90 Å². The molecule has 0 radical (unpaired) electrons. The molecular formula is C17H22NO5-. The summed E-state index contributed by atoms with van der Waals surface area (Å²) < 4.78 is 11.0. The van der Waals surface area contributed by atoms with E-state index < -0.39 is 23.7 Å². The SMILES string of the molecule is CC(C)(C)O[C@@H]1C[C@H](C(=O)[O-])N(C(=O)OCc2ccccc2)C1. The Labute approximate surface area is 136 Å². The average molecular weight is 320 g/mol. The molecule has 6 heteroatoms. The van der Waals surface area contributed by atoms with E-state index in [1.807, 2.05) is 51.1 Å². The zero-order chi connectivity index (χ0) is 17.0. The summed E-state index contributed by atoms with van der Waals surface area (Å²) in [5, 5.41) is 11.3. The summed E-state index contributed by atoms with van der Waals surface area (Å²) in [7, 11) is 0. The number of hydrogen-bond donors (Lipinski definition) is 0. The largest absolute Gasteiger partial charge is 0.548 e. The van der Waals surface area contributed by atoms with E-state index in [0.29, 0.717) is 0 Å². The van der Waals surface area contributed by atoms with Crippen LogP contribution in [0.4, 0.5) is 4.79 Å². The summed E-state index contributed by atoms with van der Waals surface area (Å²) in [6.07, 6.45) is -0.801. The molecule has 2 rings (SSSR count). The number of likely N-dealkylation sites (tertiary alicyclic amines) is 1. The second kappa shape index (κ2) is 7.00. The Morgan fingerprint density at radius 3 is 2.48 bits per heavy atom. The minimum absolute atomic E-state index is 0.0980. The monoisotopic (exact) mass is 320 g/mol. The van der Waals surface area contributed by atoms with Crippen LogP contribution in [0, 0.1) is 0 Å². The molecular weight excluding hydrogens is 298 g/mol. The molecule has 1 saturated heterocycles. The van der Waals surface area contributed by atoms with Crippen LogP contribution in [-0.2, 0) is 20.9 Å². The number of hydrogen-bond acceptors (Lipinski definition) is 5. The first-order valence-electron chi connectivity index (χ1n) is 7.62. The fourth-order valence-electron chi connectivity index (χ4n) is 2.61. The first-order chi connectivity index (χ1) is 10.8. The summed E-state index contributed by atoms with van der Waals surface area (Å²) in [4.78, 5) is 24.7. The Hall–Kier alpha value is -2.08. The van der Waals surface area contributed by atoms with Crippen molar-refractivity contribution < 1.29 is 24.2 Å². The van der Waals surface area contributed by atoms with Gasteiger partial charge in [-0.2, -0.15) is 0 Å². The minimum atomic E-state index is -1.29. The van der Waals surface area contributed by atoms with Crippen molar-refractivity contribution >= 4 is 12.1 Å². The van der Waals surface area contributed by atoms with Gasteiger partial charge in [-0.15, -0.1) is 0 Å². The molecule has 0 saturated carbocycles. The van der Waals surface area contributed by atoms with Crippen LogP contribution >= 0.6 is 0 Å². The Balaban J connectivity index is 1.97. The second-order valence-electron chi connectivity index (χ2n) is 6.62. The van der Waals surface area contributed by atoms with Crippen LogP contribution in [0.1, 0.15) is 32.8 Å². The lowest BCUT2D eigenvalue weighted by Gasteiger charge is -2.25. The molecule has 0 unspecified atom stereocenters. The van der Waals surface area contributed by atoms with E-state index in [4.69, 9.17) is 9.47 Å². The molecule has 0 bridgehead atoms. The summed E-state index contributed by atoms with van der Waals surface area (Å²) in [6.45, 7) is 5.94. The maximum atomic E-state index is 12.2. The molecule has 0 N–H and O–H groups in total. The molecule has 1 heterocycles. The van der Waals surface area contributed by atoms with Gasteiger partial charge in [-0.25, -0.2) is 4.79 Å². The van der Waals surface area contributed by atoms with Gasteiger partial charge in [0.1, 0.15) is 6.61 Å². The predicted octanol–water partition coefficient (Wildman–Crippen LogP) is 1.33. The maximum Gasteiger partial charge on any atom is 0.410 e. The van der Waals surface area contributed by atoms with Gasteiger partial charge in [0.05, 0.1) is 30.3 Å². The Kier molecular flexibility index (Phi) is 5.26. The van der Waals surface area contributed by atoms with E-state index in [-0.39, 0.29) is 25.7 Å². The van der Waals surface area contributed by atoms with Crippen LogP contribution in [0.3, 0.4) is 0 Å². The molecule has 1 amide bonds. The number of carboxylic acid groups (broad SMARTS) is 1. The van der Waals surface area contributed by atoms with Crippen molar-refractivity contribution in [2.24, 2.45) is 0 Å². The van der Waals surface area contributed by atoms with Gasteiger partial charge in [0.25, 0.3) is 0 Å². The summed E-state index contributed by atoms with van der Waals surface area (Å²) >= 11 is 0. The molecule has 0 aliphatic carbocycles. The molecule has 1 aliphatic rings. The van der Waals surface area contributed by atoms with E-state index in [2.05, 4.69) is 0 Å². The van der Waals surface area contributed by atoms with Crippen molar-refractivity contribution in [2.45, 2.75) is 51.5 Å². The molecule has 1 aromatic carbocycles. The van der Waals surface area contributed by atoms with E-state index >= 15 is 0 Å². The zero-order valence-electron chi connectivity index (χ0n) is 13.7.